The molecule has 1 heterocycles. The van der Waals surface area contributed by atoms with Crippen molar-refractivity contribution in [1.82, 2.24) is 0 Å². The van der Waals surface area contributed by atoms with E-state index in [2.05, 4.69) is 0 Å². The van der Waals surface area contributed by atoms with E-state index in [9.17, 15) is 9.90 Å². The van der Waals surface area contributed by atoms with Crippen LogP contribution < -0.4 is 0 Å². The van der Waals surface area contributed by atoms with Gasteiger partial charge in [-0.1, -0.05) is 20.8 Å². The largest absolute Gasteiger partial charge is 0.457 e. The highest BCUT2D eigenvalue weighted by Gasteiger charge is 2.43. The number of hydrogen-bond donors (Lipinski definition) is 1. The maximum Gasteiger partial charge on any atom is 0.305 e. The minimum atomic E-state index is -1.06. The van der Waals surface area contributed by atoms with Crippen LogP contribution in [0.1, 0.15) is 40.0 Å². The standard InChI is InChI=1S/C14H26O6/c1-4-7-17-12-10(20-11(15)6-3)9-19-14(16)13(12)18-8-5-2/h10,12-14,16H,4-9H2,1-3H3/t10-,12-,13+,14?/m0/s1. The lowest BCUT2D eigenvalue weighted by atomic mass is 10.0. The second-order valence-corrected chi connectivity index (χ2v) is 4.78. The number of aliphatic hydroxyl groups is 1. The highest BCUT2D eigenvalue weighted by Crippen LogP contribution is 2.23. The molecule has 0 spiro atoms. The molecule has 0 radical (unpaired) electrons. The summed E-state index contributed by atoms with van der Waals surface area (Å²) >= 11 is 0. The van der Waals surface area contributed by atoms with Crippen LogP contribution in [0.2, 0.25) is 0 Å². The van der Waals surface area contributed by atoms with E-state index in [-0.39, 0.29) is 12.6 Å². The van der Waals surface area contributed by atoms with Gasteiger partial charge in [-0.05, 0) is 12.8 Å². The topological polar surface area (TPSA) is 74.2 Å². The molecule has 0 aromatic rings. The van der Waals surface area contributed by atoms with Crippen molar-refractivity contribution in [3.05, 3.63) is 0 Å². The molecule has 20 heavy (non-hydrogen) atoms. The van der Waals surface area contributed by atoms with E-state index in [1.807, 2.05) is 13.8 Å². The van der Waals surface area contributed by atoms with Crippen LogP contribution in [-0.2, 0) is 23.7 Å². The molecular formula is C14H26O6. The normalized spacial score (nSPS) is 30.2. The molecule has 0 aliphatic carbocycles. The molecule has 0 bridgehead atoms. The number of ether oxygens (including phenoxy) is 4. The Bertz CT molecular complexity index is 283. The van der Waals surface area contributed by atoms with Crippen molar-refractivity contribution in [3.63, 3.8) is 0 Å². The van der Waals surface area contributed by atoms with Crippen LogP contribution in [0.5, 0.6) is 0 Å². The van der Waals surface area contributed by atoms with Gasteiger partial charge >= 0.3 is 5.97 Å². The van der Waals surface area contributed by atoms with Crippen molar-refractivity contribution in [2.75, 3.05) is 19.8 Å². The van der Waals surface area contributed by atoms with Crippen molar-refractivity contribution >= 4 is 5.97 Å². The SMILES string of the molecule is CCCO[C@H]1[C@@H](OC(=O)CC)COC(O)[C@@H]1OCCC. The molecule has 1 N–H and O–H groups in total. The molecule has 6 heteroatoms. The van der Waals surface area contributed by atoms with Crippen molar-refractivity contribution < 1.29 is 28.8 Å². The van der Waals surface area contributed by atoms with Gasteiger partial charge in [0.1, 0.15) is 12.2 Å². The van der Waals surface area contributed by atoms with Gasteiger partial charge in [0, 0.05) is 19.6 Å². The molecule has 0 saturated carbocycles. The molecular weight excluding hydrogens is 264 g/mol. The second kappa shape index (κ2) is 9.28. The monoisotopic (exact) mass is 290 g/mol. The lowest BCUT2D eigenvalue weighted by Crippen LogP contribution is -2.56. The summed E-state index contributed by atoms with van der Waals surface area (Å²) in [5.74, 6) is -0.311. The summed E-state index contributed by atoms with van der Waals surface area (Å²) in [5.41, 5.74) is 0. The number of aliphatic hydroxyl groups excluding tert-OH is 1. The van der Waals surface area contributed by atoms with E-state index in [0.717, 1.165) is 12.8 Å². The van der Waals surface area contributed by atoms with Gasteiger partial charge < -0.3 is 24.1 Å². The minimum absolute atomic E-state index is 0.118. The van der Waals surface area contributed by atoms with Gasteiger partial charge in [0.2, 0.25) is 0 Å². The van der Waals surface area contributed by atoms with Crippen LogP contribution in [0.15, 0.2) is 0 Å². The Hall–Kier alpha value is -0.690. The molecule has 1 aliphatic heterocycles. The van der Waals surface area contributed by atoms with Gasteiger partial charge in [-0.3, -0.25) is 4.79 Å². The summed E-state index contributed by atoms with van der Waals surface area (Å²) in [4.78, 5) is 11.5. The van der Waals surface area contributed by atoms with Gasteiger partial charge in [0.15, 0.2) is 12.4 Å². The Morgan fingerprint density at radius 2 is 1.75 bits per heavy atom. The number of carbonyl (C=O) groups excluding carboxylic acids is 1. The van der Waals surface area contributed by atoms with Crippen LogP contribution in [0, 0.1) is 0 Å². The summed E-state index contributed by atoms with van der Waals surface area (Å²) in [5, 5.41) is 9.91. The van der Waals surface area contributed by atoms with Gasteiger partial charge in [0.05, 0.1) is 6.61 Å². The number of carbonyl (C=O) groups is 1. The van der Waals surface area contributed by atoms with Crippen molar-refractivity contribution in [3.8, 4) is 0 Å². The van der Waals surface area contributed by atoms with Crippen LogP contribution in [0.25, 0.3) is 0 Å². The molecule has 0 amide bonds. The highest BCUT2D eigenvalue weighted by molar-refractivity contribution is 5.69. The predicted molar refractivity (Wildman–Crippen MR) is 72.2 cm³/mol. The summed E-state index contributed by atoms with van der Waals surface area (Å²) in [6, 6.07) is 0. The molecule has 6 nitrogen and oxygen atoms in total. The zero-order chi connectivity index (χ0) is 15.0. The molecule has 1 aliphatic rings. The Kier molecular flexibility index (Phi) is 8.06. The van der Waals surface area contributed by atoms with Gasteiger partial charge in [-0.25, -0.2) is 0 Å². The zero-order valence-electron chi connectivity index (χ0n) is 12.5. The van der Waals surface area contributed by atoms with Gasteiger partial charge in [0.25, 0.3) is 0 Å². The van der Waals surface area contributed by atoms with Gasteiger partial charge in [-0.2, -0.15) is 0 Å². The number of esters is 1. The van der Waals surface area contributed by atoms with Gasteiger partial charge in [-0.15, -0.1) is 0 Å². The Morgan fingerprint density at radius 3 is 2.30 bits per heavy atom. The lowest BCUT2D eigenvalue weighted by Gasteiger charge is -2.39. The Balaban J connectivity index is 2.72. The Morgan fingerprint density at radius 1 is 1.15 bits per heavy atom. The third-order valence-corrected chi connectivity index (χ3v) is 3.00. The number of rotatable bonds is 8. The molecule has 0 aromatic heterocycles. The van der Waals surface area contributed by atoms with E-state index in [4.69, 9.17) is 18.9 Å². The average Bonchev–Trinajstić information content (AvgIpc) is 2.46. The van der Waals surface area contributed by atoms with E-state index in [1.165, 1.54) is 0 Å². The van der Waals surface area contributed by atoms with Crippen LogP contribution in [0.4, 0.5) is 0 Å². The second-order valence-electron chi connectivity index (χ2n) is 4.78. The Labute approximate surface area is 120 Å². The first-order valence-corrected chi connectivity index (χ1v) is 7.36. The summed E-state index contributed by atoms with van der Waals surface area (Å²) in [7, 11) is 0. The average molecular weight is 290 g/mol. The van der Waals surface area contributed by atoms with E-state index in [1.54, 1.807) is 6.92 Å². The van der Waals surface area contributed by atoms with E-state index < -0.39 is 24.6 Å². The molecule has 1 rings (SSSR count). The fourth-order valence-corrected chi connectivity index (χ4v) is 2.00. The third-order valence-electron chi connectivity index (χ3n) is 3.00. The van der Waals surface area contributed by atoms with Crippen LogP contribution in [-0.4, -0.2) is 55.5 Å². The zero-order valence-corrected chi connectivity index (χ0v) is 12.5. The maximum atomic E-state index is 11.5. The highest BCUT2D eigenvalue weighted by atomic mass is 16.7. The van der Waals surface area contributed by atoms with Crippen LogP contribution in [0.3, 0.4) is 0 Å². The summed E-state index contributed by atoms with van der Waals surface area (Å²) in [6.45, 7) is 6.83. The molecule has 4 atom stereocenters. The maximum absolute atomic E-state index is 11.5. The number of hydrogen-bond acceptors (Lipinski definition) is 6. The van der Waals surface area contributed by atoms with Crippen LogP contribution >= 0.6 is 0 Å². The van der Waals surface area contributed by atoms with Crippen molar-refractivity contribution in [2.45, 2.75) is 64.6 Å². The smallest absolute Gasteiger partial charge is 0.305 e. The molecule has 1 fully saturated rings. The summed E-state index contributed by atoms with van der Waals surface area (Å²) in [6.07, 6.45) is -0.782. The summed E-state index contributed by atoms with van der Waals surface area (Å²) < 4.78 is 21.9. The van der Waals surface area contributed by atoms with Crippen molar-refractivity contribution in [1.29, 1.82) is 0 Å². The predicted octanol–water partition coefficient (Wildman–Crippen LogP) is 1.25. The fraction of sp³-hybridized carbons (Fsp3) is 0.929. The first-order valence-electron chi connectivity index (χ1n) is 7.36. The molecule has 0 aromatic carbocycles. The molecule has 1 saturated heterocycles. The van der Waals surface area contributed by atoms with E-state index >= 15 is 0 Å². The molecule has 1 unspecified atom stereocenters. The van der Waals surface area contributed by atoms with E-state index in [0.29, 0.717) is 19.6 Å². The quantitative estimate of drug-likeness (QED) is 0.678. The third kappa shape index (κ3) is 5.01. The fourth-order valence-electron chi connectivity index (χ4n) is 2.00. The first-order chi connectivity index (χ1) is 9.63. The lowest BCUT2D eigenvalue weighted by molar-refractivity contribution is -0.277. The van der Waals surface area contributed by atoms with Crippen molar-refractivity contribution in [2.24, 2.45) is 0 Å². The molecule has 118 valence electrons. The first kappa shape index (κ1) is 17.4. The minimum Gasteiger partial charge on any atom is -0.457 e.